The van der Waals surface area contributed by atoms with Crippen LogP contribution in [0, 0.1) is 5.92 Å². The Balaban J connectivity index is 2.56. The second-order valence-electron chi connectivity index (χ2n) is 4.27. The molecule has 2 amide bonds. The van der Waals surface area contributed by atoms with Gasteiger partial charge in [-0.2, -0.15) is 0 Å². The van der Waals surface area contributed by atoms with Crippen LogP contribution in [0.3, 0.4) is 0 Å². The lowest BCUT2D eigenvalue weighted by Gasteiger charge is -2.18. The quantitative estimate of drug-likeness (QED) is 0.665. The summed E-state index contributed by atoms with van der Waals surface area (Å²) in [4.78, 5) is 39.3. The molecule has 0 N–H and O–H groups in total. The minimum absolute atomic E-state index is 0.137. The predicted molar refractivity (Wildman–Crippen MR) is 60.5 cm³/mol. The lowest BCUT2D eigenvalue weighted by molar-refractivity contribution is -0.201. The molecule has 5 nitrogen and oxygen atoms in total. The summed E-state index contributed by atoms with van der Waals surface area (Å²) in [5.41, 5.74) is 0. The smallest absolute Gasteiger partial charge is 0.330 e. The summed E-state index contributed by atoms with van der Waals surface area (Å²) < 4.78 is 0. The molecule has 5 heteroatoms. The number of hydroxylamine groups is 2. The van der Waals surface area contributed by atoms with E-state index in [1.54, 1.807) is 0 Å². The zero-order valence-corrected chi connectivity index (χ0v) is 10.4. The van der Waals surface area contributed by atoms with Crippen LogP contribution in [-0.2, 0) is 19.2 Å². The van der Waals surface area contributed by atoms with E-state index >= 15 is 0 Å². The van der Waals surface area contributed by atoms with Gasteiger partial charge in [-0.25, -0.2) is 4.79 Å². The first-order valence-corrected chi connectivity index (χ1v) is 6.17. The first-order valence-electron chi connectivity index (χ1n) is 6.17. The number of nitrogens with zero attached hydrogens (tertiary/aromatic N) is 1. The molecule has 0 radical (unpaired) electrons. The third kappa shape index (κ3) is 3.54. The van der Waals surface area contributed by atoms with Gasteiger partial charge in [-0.3, -0.25) is 9.59 Å². The Bertz CT molecular complexity index is 292. The molecule has 1 aliphatic heterocycles. The fraction of sp³-hybridized carbons (Fsp3) is 0.750. The van der Waals surface area contributed by atoms with E-state index in [0.29, 0.717) is 5.06 Å². The second-order valence-corrected chi connectivity index (χ2v) is 4.27. The Hall–Kier alpha value is -1.39. The zero-order chi connectivity index (χ0) is 12.8. The van der Waals surface area contributed by atoms with Crippen molar-refractivity contribution in [2.45, 2.75) is 52.4 Å². The summed E-state index contributed by atoms with van der Waals surface area (Å²) in [5, 5.41) is 0.626. The van der Waals surface area contributed by atoms with Crippen LogP contribution in [0.5, 0.6) is 0 Å². The number of hydrogen-bond donors (Lipinski definition) is 0. The van der Waals surface area contributed by atoms with Gasteiger partial charge < -0.3 is 4.84 Å². The van der Waals surface area contributed by atoms with Crippen molar-refractivity contribution in [1.82, 2.24) is 5.06 Å². The van der Waals surface area contributed by atoms with E-state index in [9.17, 15) is 14.4 Å². The molecule has 1 saturated heterocycles. The van der Waals surface area contributed by atoms with Gasteiger partial charge in [0.05, 0.1) is 5.92 Å². The first-order chi connectivity index (χ1) is 8.10. The van der Waals surface area contributed by atoms with Gasteiger partial charge in [0.15, 0.2) is 0 Å². The van der Waals surface area contributed by atoms with Crippen LogP contribution in [0.25, 0.3) is 0 Å². The van der Waals surface area contributed by atoms with Crippen molar-refractivity contribution >= 4 is 17.8 Å². The van der Waals surface area contributed by atoms with E-state index in [0.717, 1.165) is 25.7 Å². The van der Waals surface area contributed by atoms with Crippen LogP contribution in [0.15, 0.2) is 0 Å². The van der Waals surface area contributed by atoms with E-state index in [-0.39, 0.29) is 18.8 Å². The number of imide groups is 1. The normalized spacial score (nSPS) is 15.8. The summed E-state index contributed by atoms with van der Waals surface area (Å²) in [6.45, 7) is 3.98. The van der Waals surface area contributed by atoms with Gasteiger partial charge >= 0.3 is 5.97 Å². The minimum atomic E-state index is -0.461. The molecule has 0 aliphatic carbocycles. The summed E-state index contributed by atoms with van der Waals surface area (Å²) in [7, 11) is 0. The highest BCUT2D eigenvalue weighted by Gasteiger charge is 2.34. The number of carbonyl (C=O) groups is 3. The zero-order valence-electron chi connectivity index (χ0n) is 10.4. The van der Waals surface area contributed by atoms with E-state index in [4.69, 9.17) is 4.84 Å². The fourth-order valence-corrected chi connectivity index (χ4v) is 1.90. The number of rotatable bonds is 6. The topological polar surface area (TPSA) is 63.7 Å². The van der Waals surface area contributed by atoms with Gasteiger partial charge in [0, 0.05) is 12.8 Å². The van der Waals surface area contributed by atoms with Gasteiger partial charge in [0.25, 0.3) is 11.8 Å². The molecule has 0 unspecified atom stereocenters. The largest absolute Gasteiger partial charge is 0.336 e. The molecular formula is C12H19NO4. The predicted octanol–water partition coefficient (Wildman–Crippen LogP) is 1.81. The lowest BCUT2D eigenvalue weighted by atomic mass is 9.99. The number of hydrogen-bond acceptors (Lipinski definition) is 4. The third-order valence-electron chi connectivity index (χ3n) is 2.79. The molecule has 1 fully saturated rings. The van der Waals surface area contributed by atoms with Gasteiger partial charge in [-0.15, -0.1) is 5.06 Å². The van der Waals surface area contributed by atoms with Crippen molar-refractivity contribution in [1.29, 1.82) is 0 Å². The summed E-state index contributed by atoms with van der Waals surface area (Å²) in [5.74, 6) is -1.52. The average Bonchev–Trinajstić information content (AvgIpc) is 2.60. The highest BCUT2D eigenvalue weighted by atomic mass is 16.7. The van der Waals surface area contributed by atoms with Gasteiger partial charge in [0.1, 0.15) is 0 Å². The molecule has 1 heterocycles. The molecule has 96 valence electrons. The molecule has 0 aromatic carbocycles. The number of amides is 2. The van der Waals surface area contributed by atoms with Crippen LogP contribution in [0.4, 0.5) is 0 Å². The molecule has 0 aromatic rings. The second kappa shape index (κ2) is 6.37. The van der Waals surface area contributed by atoms with Crippen LogP contribution in [-0.4, -0.2) is 22.8 Å². The van der Waals surface area contributed by atoms with E-state index in [1.165, 1.54) is 0 Å². The van der Waals surface area contributed by atoms with Crippen LogP contribution in [0.1, 0.15) is 52.4 Å². The highest BCUT2D eigenvalue weighted by Crippen LogP contribution is 2.19. The SMILES string of the molecule is CCCC(CCC)C(=O)ON1C(=O)CCC1=O. The van der Waals surface area contributed by atoms with Crippen molar-refractivity contribution in [3.8, 4) is 0 Å². The van der Waals surface area contributed by atoms with Crippen LogP contribution >= 0.6 is 0 Å². The number of carbonyl (C=O) groups excluding carboxylic acids is 3. The Kier molecular flexibility index (Phi) is 5.12. The molecule has 17 heavy (non-hydrogen) atoms. The van der Waals surface area contributed by atoms with Crippen molar-refractivity contribution in [2.75, 3.05) is 0 Å². The molecular weight excluding hydrogens is 222 g/mol. The Morgan fingerprint density at radius 2 is 1.65 bits per heavy atom. The van der Waals surface area contributed by atoms with Gasteiger partial charge in [-0.05, 0) is 12.8 Å². The van der Waals surface area contributed by atoms with Gasteiger partial charge in [0.2, 0.25) is 0 Å². The van der Waals surface area contributed by atoms with Crippen molar-refractivity contribution in [2.24, 2.45) is 5.92 Å². The maximum absolute atomic E-state index is 11.8. The van der Waals surface area contributed by atoms with Crippen molar-refractivity contribution in [3.63, 3.8) is 0 Å². The third-order valence-corrected chi connectivity index (χ3v) is 2.79. The molecule has 0 aromatic heterocycles. The summed E-state index contributed by atoms with van der Waals surface area (Å²) >= 11 is 0. The standard InChI is InChI=1S/C12H19NO4/c1-3-5-9(6-4-2)12(16)17-13-10(14)7-8-11(13)15/h9H,3-8H2,1-2H3. The molecule has 1 aliphatic rings. The first kappa shape index (κ1) is 13.7. The van der Waals surface area contributed by atoms with E-state index in [2.05, 4.69) is 0 Å². The summed E-state index contributed by atoms with van der Waals surface area (Å²) in [6.07, 6.45) is 3.48. The molecule has 0 bridgehead atoms. The molecule has 0 spiro atoms. The molecule has 1 rings (SSSR count). The maximum atomic E-state index is 11.8. The monoisotopic (exact) mass is 241 g/mol. The minimum Gasteiger partial charge on any atom is -0.330 e. The van der Waals surface area contributed by atoms with Crippen molar-refractivity contribution < 1.29 is 19.2 Å². The Morgan fingerprint density at radius 3 is 2.06 bits per heavy atom. The fourth-order valence-electron chi connectivity index (χ4n) is 1.90. The van der Waals surface area contributed by atoms with Crippen molar-refractivity contribution in [3.05, 3.63) is 0 Å². The molecule has 0 saturated carbocycles. The summed E-state index contributed by atoms with van der Waals surface area (Å²) in [6, 6.07) is 0. The molecule has 0 atom stereocenters. The van der Waals surface area contributed by atoms with E-state index in [1.807, 2.05) is 13.8 Å². The Labute approximate surface area is 101 Å². The van der Waals surface area contributed by atoms with E-state index < -0.39 is 17.8 Å². The Morgan fingerprint density at radius 1 is 1.18 bits per heavy atom. The highest BCUT2D eigenvalue weighted by molar-refractivity contribution is 6.01. The maximum Gasteiger partial charge on any atom is 0.336 e. The van der Waals surface area contributed by atoms with Crippen LogP contribution < -0.4 is 0 Å². The van der Waals surface area contributed by atoms with Gasteiger partial charge in [-0.1, -0.05) is 26.7 Å². The lowest BCUT2D eigenvalue weighted by Crippen LogP contribution is -2.34. The van der Waals surface area contributed by atoms with Crippen LogP contribution in [0.2, 0.25) is 0 Å². The average molecular weight is 241 g/mol.